The van der Waals surface area contributed by atoms with Crippen molar-refractivity contribution in [3.05, 3.63) is 71.1 Å². The van der Waals surface area contributed by atoms with Gasteiger partial charge in [-0.2, -0.15) is 4.98 Å². The van der Waals surface area contributed by atoms with Crippen molar-refractivity contribution < 1.29 is 4.52 Å². The first-order valence-electron chi connectivity index (χ1n) is 6.15. The third-order valence-electron chi connectivity index (χ3n) is 2.78. The van der Waals surface area contributed by atoms with Crippen LogP contribution < -0.4 is 0 Å². The lowest BCUT2D eigenvalue weighted by Gasteiger charge is -1.94. The van der Waals surface area contributed by atoms with Gasteiger partial charge in [0.15, 0.2) is 0 Å². The molecule has 0 radical (unpaired) electrons. The first-order chi connectivity index (χ1) is 9.83. The fraction of sp³-hybridized carbons (Fsp3) is 0. The van der Waals surface area contributed by atoms with E-state index in [1.54, 1.807) is 6.08 Å². The number of nitrogens with zero attached hydrogens (tertiary/aromatic N) is 2. The minimum absolute atomic E-state index is 0.448. The number of hydrogen-bond donors (Lipinski definition) is 0. The largest absolute Gasteiger partial charge is 0.334 e. The van der Waals surface area contributed by atoms with Gasteiger partial charge in [-0.05, 0) is 17.7 Å². The van der Waals surface area contributed by atoms with Crippen molar-refractivity contribution in [2.75, 3.05) is 0 Å². The number of hydrogen-bond acceptors (Lipinski definition) is 3. The summed E-state index contributed by atoms with van der Waals surface area (Å²) in [6.07, 6.45) is 3.60. The van der Waals surface area contributed by atoms with E-state index in [4.69, 9.17) is 16.1 Å². The summed E-state index contributed by atoms with van der Waals surface area (Å²) in [6.45, 7) is 0. The molecule has 0 spiro atoms. The van der Waals surface area contributed by atoms with Crippen LogP contribution in [0.4, 0.5) is 0 Å². The Kier molecular flexibility index (Phi) is 3.61. The van der Waals surface area contributed by atoms with E-state index >= 15 is 0 Å². The van der Waals surface area contributed by atoms with E-state index in [0.717, 1.165) is 11.1 Å². The van der Waals surface area contributed by atoms with Crippen LogP contribution in [0.25, 0.3) is 23.5 Å². The van der Waals surface area contributed by atoms with Crippen LogP contribution in [0, 0.1) is 0 Å². The van der Waals surface area contributed by atoms with Gasteiger partial charge in [-0.1, -0.05) is 65.3 Å². The summed E-state index contributed by atoms with van der Waals surface area (Å²) in [5.74, 6) is 1.02. The van der Waals surface area contributed by atoms with Crippen LogP contribution in [0.15, 0.2) is 59.1 Å². The molecule has 2 aromatic carbocycles. The van der Waals surface area contributed by atoms with E-state index in [1.165, 1.54) is 0 Å². The molecule has 20 heavy (non-hydrogen) atoms. The van der Waals surface area contributed by atoms with Crippen molar-refractivity contribution in [3.63, 3.8) is 0 Å². The molecule has 0 aliphatic heterocycles. The van der Waals surface area contributed by atoms with E-state index in [2.05, 4.69) is 10.1 Å². The molecule has 1 aromatic heterocycles. The van der Waals surface area contributed by atoms with Crippen LogP contribution in [-0.2, 0) is 0 Å². The van der Waals surface area contributed by atoms with E-state index in [1.807, 2.05) is 60.7 Å². The van der Waals surface area contributed by atoms with Crippen molar-refractivity contribution >= 4 is 23.8 Å². The molecule has 0 unspecified atom stereocenters. The first kappa shape index (κ1) is 12.6. The molecule has 4 heteroatoms. The van der Waals surface area contributed by atoms with Crippen LogP contribution in [0.5, 0.6) is 0 Å². The van der Waals surface area contributed by atoms with Gasteiger partial charge in [-0.15, -0.1) is 0 Å². The Morgan fingerprint density at radius 3 is 2.45 bits per heavy atom. The van der Waals surface area contributed by atoms with E-state index in [9.17, 15) is 0 Å². The second-order valence-electron chi connectivity index (χ2n) is 4.18. The van der Waals surface area contributed by atoms with Gasteiger partial charge in [0.25, 0.3) is 5.89 Å². The van der Waals surface area contributed by atoms with Crippen LogP contribution in [-0.4, -0.2) is 10.1 Å². The van der Waals surface area contributed by atoms with Gasteiger partial charge in [0.2, 0.25) is 5.82 Å². The fourth-order valence-electron chi connectivity index (χ4n) is 1.78. The Bertz CT molecular complexity index is 735. The quantitative estimate of drug-likeness (QED) is 0.707. The molecular weight excluding hydrogens is 272 g/mol. The summed E-state index contributed by atoms with van der Waals surface area (Å²) in [7, 11) is 0. The molecule has 0 atom stereocenters. The normalized spacial score (nSPS) is 11.1. The Morgan fingerprint density at radius 1 is 0.900 bits per heavy atom. The number of aromatic nitrogens is 2. The number of benzene rings is 2. The van der Waals surface area contributed by atoms with Gasteiger partial charge in [0.1, 0.15) is 0 Å². The minimum atomic E-state index is 0.448. The van der Waals surface area contributed by atoms with Gasteiger partial charge >= 0.3 is 0 Å². The highest BCUT2D eigenvalue weighted by Crippen LogP contribution is 2.19. The highest BCUT2D eigenvalue weighted by Gasteiger charge is 2.05. The molecule has 1 heterocycles. The summed E-state index contributed by atoms with van der Waals surface area (Å²) in [4.78, 5) is 4.32. The second-order valence-corrected chi connectivity index (χ2v) is 4.58. The van der Waals surface area contributed by atoms with Crippen molar-refractivity contribution in [1.82, 2.24) is 10.1 Å². The fourth-order valence-corrected chi connectivity index (χ4v) is 1.98. The van der Waals surface area contributed by atoms with Crippen molar-refractivity contribution in [2.45, 2.75) is 0 Å². The summed E-state index contributed by atoms with van der Waals surface area (Å²) in [5, 5.41) is 4.64. The van der Waals surface area contributed by atoms with E-state index in [0.29, 0.717) is 16.7 Å². The van der Waals surface area contributed by atoms with Gasteiger partial charge in [-0.25, -0.2) is 0 Å². The predicted octanol–water partition coefficient (Wildman–Crippen LogP) is 4.56. The zero-order valence-electron chi connectivity index (χ0n) is 10.5. The number of rotatable bonds is 3. The van der Waals surface area contributed by atoms with Crippen LogP contribution in [0.1, 0.15) is 11.5 Å². The summed E-state index contributed by atoms with van der Waals surface area (Å²) in [6, 6.07) is 17.3. The Morgan fingerprint density at radius 2 is 1.65 bits per heavy atom. The van der Waals surface area contributed by atoms with Crippen LogP contribution in [0.3, 0.4) is 0 Å². The average molecular weight is 283 g/mol. The molecule has 0 bridgehead atoms. The average Bonchev–Trinajstić information content (AvgIpc) is 2.96. The maximum Gasteiger partial charge on any atom is 0.250 e. The maximum absolute atomic E-state index is 6.07. The van der Waals surface area contributed by atoms with Gasteiger partial charge in [-0.3, -0.25) is 0 Å². The molecule has 0 N–H and O–H groups in total. The molecule has 3 rings (SSSR count). The molecule has 3 nitrogen and oxygen atoms in total. The maximum atomic E-state index is 6.07. The Hall–Kier alpha value is -2.39. The smallest absolute Gasteiger partial charge is 0.250 e. The summed E-state index contributed by atoms with van der Waals surface area (Å²) >= 11 is 6.07. The zero-order valence-corrected chi connectivity index (χ0v) is 11.3. The lowest BCUT2D eigenvalue weighted by Crippen LogP contribution is -1.79. The second kappa shape index (κ2) is 5.72. The Balaban J connectivity index is 1.83. The Labute approximate surface area is 121 Å². The van der Waals surface area contributed by atoms with Gasteiger partial charge in [0, 0.05) is 16.7 Å². The highest BCUT2D eigenvalue weighted by atomic mass is 35.5. The first-order valence-corrected chi connectivity index (χ1v) is 6.52. The summed E-state index contributed by atoms with van der Waals surface area (Å²) < 4.78 is 5.19. The molecule has 0 fully saturated rings. The van der Waals surface area contributed by atoms with Crippen molar-refractivity contribution in [2.24, 2.45) is 0 Å². The molecule has 3 aromatic rings. The summed E-state index contributed by atoms with van der Waals surface area (Å²) in [5.41, 5.74) is 1.84. The van der Waals surface area contributed by atoms with Crippen LogP contribution in [0.2, 0.25) is 5.02 Å². The molecule has 98 valence electrons. The van der Waals surface area contributed by atoms with Gasteiger partial charge in [0.05, 0.1) is 0 Å². The third kappa shape index (κ3) is 2.78. The molecule has 0 aliphatic rings. The monoisotopic (exact) mass is 282 g/mol. The standard InChI is InChI=1S/C16H11ClN2O/c17-14-9-5-4-6-12(14)10-11-15-18-16(19-20-15)13-7-2-1-3-8-13/h1-11H. The molecular formula is C16H11ClN2O. The third-order valence-corrected chi connectivity index (χ3v) is 3.13. The number of halogens is 1. The van der Waals surface area contributed by atoms with E-state index in [-0.39, 0.29) is 0 Å². The van der Waals surface area contributed by atoms with E-state index < -0.39 is 0 Å². The lowest BCUT2D eigenvalue weighted by atomic mass is 10.2. The van der Waals surface area contributed by atoms with Crippen molar-refractivity contribution in [3.8, 4) is 11.4 Å². The molecule has 0 aliphatic carbocycles. The minimum Gasteiger partial charge on any atom is -0.334 e. The molecule has 0 saturated heterocycles. The van der Waals surface area contributed by atoms with Gasteiger partial charge < -0.3 is 4.52 Å². The van der Waals surface area contributed by atoms with Crippen molar-refractivity contribution in [1.29, 1.82) is 0 Å². The molecule has 0 saturated carbocycles. The zero-order chi connectivity index (χ0) is 13.8. The SMILES string of the molecule is Clc1ccccc1C=Cc1nc(-c2ccccc2)no1. The highest BCUT2D eigenvalue weighted by molar-refractivity contribution is 6.32. The predicted molar refractivity (Wildman–Crippen MR) is 80.1 cm³/mol. The lowest BCUT2D eigenvalue weighted by molar-refractivity contribution is 0.411. The molecule has 0 amide bonds. The topological polar surface area (TPSA) is 38.9 Å². The van der Waals surface area contributed by atoms with Crippen LogP contribution >= 0.6 is 11.6 Å².